The van der Waals surface area contributed by atoms with Gasteiger partial charge in [-0.1, -0.05) is 0 Å². The van der Waals surface area contributed by atoms with Gasteiger partial charge >= 0.3 is 6.18 Å². The van der Waals surface area contributed by atoms with Crippen molar-refractivity contribution >= 4 is 10.0 Å². The Kier molecular flexibility index (Phi) is 7.68. The third-order valence-corrected chi connectivity index (χ3v) is 3.17. The molecule has 0 heterocycles. The molecule has 0 aliphatic rings. The van der Waals surface area contributed by atoms with Crippen LogP contribution in [0.25, 0.3) is 0 Å². The van der Waals surface area contributed by atoms with E-state index in [1.807, 2.05) is 0 Å². The molecule has 0 fully saturated rings. The molecule has 0 radical (unpaired) electrons. The van der Waals surface area contributed by atoms with Crippen LogP contribution in [0.15, 0.2) is 0 Å². The molecule has 0 spiro atoms. The van der Waals surface area contributed by atoms with Crippen LogP contribution in [-0.2, 0) is 14.8 Å². The van der Waals surface area contributed by atoms with Crippen LogP contribution >= 0.6 is 0 Å². The normalized spacial score (nSPS) is 12.9. The fourth-order valence-corrected chi connectivity index (χ4v) is 2.09. The predicted molar refractivity (Wildman–Crippen MR) is 57.0 cm³/mol. The maximum Gasteiger partial charge on any atom is 0.411 e. The van der Waals surface area contributed by atoms with Gasteiger partial charge in [0.1, 0.15) is 6.61 Å². The second-order valence-corrected chi connectivity index (χ2v) is 5.30. The zero-order valence-electron chi connectivity index (χ0n) is 9.29. The molecule has 17 heavy (non-hydrogen) atoms. The van der Waals surface area contributed by atoms with Crippen molar-refractivity contribution < 1.29 is 26.3 Å². The summed E-state index contributed by atoms with van der Waals surface area (Å²) in [6.45, 7) is -1.44. The molecule has 0 saturated heterocycles. The van der Waals surface area contributed by atoms with Gasteiger partial charge in [0.25, 0.3) is 0 Å². The summed E-state index contributed by atoms with van der Waals surface area (Å²) in [6, 6.07) is 0. The Hall–Kier alpha value is -0.380. The smallest absolute Gasteiger partial charge is 0.371 e. The van der Waals surface area contributed by atoms with Gasteiger partial charge in [0.05, 0.1) is 12.4 Å². The Bertz CT molecular complexity index is 293. The molecule has 0 bridgehead atoms. The third kappa shape index (κ3) is 11.9. The SMILES string of the molecule is NCCCCS(=O)(=O)NCCOCC(F)(F)F. The summed E-state index contributed by atoms with van der Waals surface area (Å²) < 4.78 is 63.8. The summed E-state index contributed by atoms with van der Waals surface area (Å²) in [5, 5.41) is 0. The van der Waals surface area contributed by atoms with E-state index >= 15 is 0 Å². The highest BCUT2D eigenvalue weighted by atomic mass is 32.2. The predicted octanol–water partition coefficient (Wildman–Crippen LogP) is 0.224. The minimum absolute atomic E-state index is 0.0799. The van der Waals surface area contributed by atoms with Crippen LogP contribution in [0.5, 0.6) is 0 Å². The molecule has 5 nitrogen and oxygen atoms in total. The fraction of sp³-hybridized carbons (Fsp3) is 1.00. The van der Waals surface area contributed by atoms with Crippen LogP contribution in [0.4, 0.5) is 13.2 Å². The lowest BCUT2D eigenvalue weighted by atomic mass is 10.3. The topological polar surface area (TPSA) is 81.4 Å². The molecule has 0 rings (SSSR count). The zero-order valence-corrected chi connectivity index (χ0v) is 10.1. The molecular weight excluding hydrogens is 261 g/mol. The van der Waals surface area contributed by atoms with Gasteiger partial charge in [-0.3, -0.25) is 0 Å². The van der Waals surface area contributed by atoms with E-state index in [1.165, 1.54) is 0 Å². The molecule has 3 N–H and O–H groups in total. The molecule has 0 atom stereocenters. The molecule has 104 valence electrons. The highest BCUT2D eigenvalue weighted by molar-refractivity contribution is 7.89. The number of rotatable bonds is 9. The second kappa shape index (κ2) is 7.85. The molecule has 0 aromatic carbocycles. The number of unbranched alkanes of at least 4 members (excludes halogenated alkanes) is 1. The van der Waals surface area contributed by atoms with Crippen LogP contribution in [0.3, 0.4) is 0 Å². The van der Waals surface area contributed by atoms with Crippen LogP contribution in [-0.4, -0.2) is 46.7 Å². The fourth-order valence-electron chi connectivity index (χ4n) is 0.966. The van der Waals surface area contributed by atoms with Crippen LogP contribution in [0, 0.1) is 0 Å². The van der Waals surface area contributed by atoms with Crippen molar-refractivity contribution in [2.24, 2.45) is 5.73 Å². The average Bonchev–Trinajstić information content (AvgIpc) is 2.15. The van der Waals surface area contributed by atoms with E-state index < -0.39 is 22.8 Å². The Balaban J connectivity index is 3.59. The number of sulfonamides is 1. The summed E-state index contributed by atoms with van der Waals surface area (Å²) >= 11 is 0. The molecule has 0 aliphatic carbocycles. The summed E-state index contributed by atoms with van der Waals surface area (Å²) in [7, 11) is -3.44. The van der Waals surface area contributed by atoms with E-state index in [9.17, 15) is 21.6 Å². The first-order valence-electron chi connectivity index (χ1n) is 5.09. The standard InChI is InChI=1S/C8H17F3N2O3S/c9-8(10,11)7-16-5-4-13-17(14,15)6-2-1-3-12/h13H,1-7,12H2. The Morgan fingerprint density at radius 1 is 1.24 bits per heavy atom. The van der Waals surface area contributed by atoms with E-state index in [2.05, 4.69) is 9.46 Å². The van der Waals surface area contributed by atoms with Crippen molar-refractivity contribution in [1.82, 2.24) is 4.72 Å². The molecule has 9 heteroatoms. The monoisotopic (exact) mass is 278 g/mol. The molecular formula is C8H17F3N2O3S. The van der Waals surface area contributed by atoms with Crippen molar-refractivity contribution in [3.63, 3.8) is 0 Å². The molecule has 0 unspecified atom stereocenters. The minimum Gasteiger partial charge on any atom is -0.371 e. The van der Waals surface area contributed by atoms with E-state index in [-0.39, 0.29) is 18.9 Å². The number of alkyl halides is 3. The van der Waals surface area contributed by atoms with Crippen LogP contribution in [0.1, 0.15) is 12.8 Å². The molecule has 0 aromatic rings. The van der Waals surface area contributed by atoms with Crippen molar-refractivity contribution in [1.29, 1.82) is 0 Å². The van der Waals surface area contributed by atoms with Crippen molar-refractivity contribution in [3.05, 3.63) is 0 Å². The Morgan fingerprint density at radius 2 is 1.88 bits per heavy atom. The van der Waals surface area contributed by atoms with Gasteiger partial charge in [-0.25, -0.2) is 13.1 Å². The van der Waals surface area contributed by atoms with Gasteiger partial charge in [-0.05, 0) is 19.4 Å². The lowest BCUT2D eigenvalue weighted by Gasteiger charge is -2.08. The lowest BCUT2D eigenvalue weighted by molar-refractivity contribution is -0.173. The Labute approximate surface area is 98.6 Å². The first kappa shape index (κ1) is 16.6. The maximum atomic E-state index is 11.6. The van der Waals surface area contributed by atoms with Crippen LogP contribution in [0.2, 0.25) is 0 Å². The minimum atomic E-state index is -4.39. The first-order chi connectivity index (χ1) is 7.77. The highest BCUT2D eigenvalue weighted by Crippen LogP contribution is 2.13. The molecule has 0 saturated carbocycles. The van der Waals surface area contributed by atoms with Crippen LogP contribution < -0.4 is 10.5 Å². The van der Waals surface area contributed by atoms with Crippen molar-refractivity contribution in [2.75, 3.05) is 32.1 Å². The number of halogens is 3. The first-order valence-corrected chi connectivity index (χ1v) is 6.74. The van der Waals surface area contributed by atoms with E-state index in [1.54, 1.807) is 0 Å². The van der Waals surface area contributed by atoms with Gasteiger partial charge in [-0.15, -0.1) is 0 Å². The maximum absolute atomic E-state index is 11.6. The van der Waals surface area contributed by atoms with Gasteiger partial charge in [-0.2, -0.15) is 13.2 Å². The third-order valence-electron chi connectivity index (χ3n) is 1.70. The van der Waals surface area contributed by atoms with E-state index in [4.69, 9.17) is 5.73 Å². The van der Waals surface area contributed by atoms with Gasteiger partial charge < -0.3 is 10.5 Å². The lowest BCUT2D eigenvalue weighted by Crippen LogP contribution is -2.31. The van der Waals surface area contributed by atoms with E-state index in [0.717, 1.165) is 0 Å². The van der Waals surface area contributed by atoms with Crippen molar-refractivity contribution in [3.8, 4) is 0 Å². The number of nitrogens with one attached hydrogen (secondary N) is 1. The Morgan fingerprint density at radius 3 is 2.41 bits per heavy atom. The van der Waals surface area contributed by atoms with Gasteiger partial charge in [0.2, 0.25) is 10.0 Å². The summed E-state index contributed by atoms with van der Waals surface area (Å²) in [4.78, 5) is 0. The molecule has 0 amide bonds. The number of hydrogen-bond donors (Lipinski definition) is 2. The largest absolute Gasteiger partial charge is 0.411 e. The quantitative estimate of drug-likeness (QED) is 0.591. The van der Waals surface area contributed by atoms with Gasteiger partial charge in [0.15, 0.2) is 0 Å². The molecule has 0 aliphatic heterocycles. The summed E-state index contributed by atoms with van der Waals surface area (Å²) in [5.74, 6) is -0.0799. The molecule has 0 aromatic heterocycles. The average molecular weight is 278 g/mol. The second-order valence-electron chi connectivity index (χ2n) is 3.38. The van der Waals surface area contributed by atoms with Crippen molar-refractivity contribution in [2.45, 2.75) is 19.0 Å². The van der Waals surface area contributed by atoms with E-state index in [0.29, 0.717) is 19.4 Å². The number of nitrogens with two attached hydrogens (primary N) is 1. The highest BCUT2D eigenvalue weighted by Gasteiger charge is 2.27. The summed E-state index contributed by atoms with van der Waals surface area (Å²) in [5.41, 5.74) is 5.20. The van der Waals surface area contributed by atoms with Gasteiger partial charge in [0, 0.05) is 6.54 Å². The number of ether oxygens (including phenoxy) is 1. The number of hydrogen-bond acceptors (Lipinski definition) is 4. The zero-order chi connectivity index (χ0) is 13.4. The summed E-state index contributed by atoms with van der Waals surface area (Å²) in [6.07, 6.45) is -3.37.